The Hall–Kier alpha value is -1.36. The van der Waals surface area contributed by atoms with Crippen molar-refractivity contribution in [1.29, 1.82) is 0 Å². The van der Waals surface area contributed by atoms with Gasteiger partial charge in [-0.15, -0.1) is 11.3 Å². The average Bonchev–Trinajstić information content (AvgIpc) is 2.44. The summed E-state index contributed by atoms with van der Waals surface area (Å²) in [6.07, 6.45) is 0. The third-order valence-electron chi connectivity index (χ3n) is 2.25. The van der Waals surface area contributed by atoms with Gasteiger partial charge in [-0.05, 0) is 33.8 Å². The lowest BCUT2D eigenvalue weighted by atomic mass is 10.1. The maximum Gasteiger partial charge on any atom is 0.328 e. The van der Waals surface area contributed by atoms with Gasteiger partial charge in [0.2, 0.25) is 0 Å². The Kier molecular flexibility index (Phi) is 3.38. The van der Waals surface area contributed by atoms with Crippen LogP contribution in [0.5, 0.6) is 0 Å². The molecule has 0 aliphatic rings. The molecule has 0 saturated heterocycles. The van der Waals surface area contributed by atoms with Gasteiger partial charge in [-0.1, -0.05) is 0 Å². The van der Waals surface area contributed by atoms with Gasteiger partial charge in [-0.25, -0.2) is 4.79 Å². The first-order valence-electron chi connectivity index (χ1n) is 4.87. The highest BCUT2D eigenvalue weighted by Gasteiger charge is 2.30. The van der Waals surface area contributed by atoms with E-state index in [1.807, 2.05) is 13.8 Å². The standard InChI is InChI=1S/C11H15NO3S/c1-6-5-8(7(2)16-6)9(13)12-11(3,4)10(14)15/h5H,1-4H3,(H,12,13)(H,14,15). The van der Waals surface area contributed by atoms with Crippen LogP contribution < -0.4 is 5.32 Å². The second-order valence-electron chi connectivity index (χ2n) is 4.21. The monoisotopic (exact) mass is 241 g/mol. The number of carboxylic acid groups (broad SMARTS) is 1. The minimum atomic E-state index is -1.25. The second kappa shape index (κ2) is 4.25. The van der Waals surface area contributed by atoms with Crippen molar-refractivity contribution >= 4 is 23.2 Å². The number of amides is 1. The zero-order chi connectivity index (χ0) is 12.5. The quantitative estimate of drug-likeness (QED) is 0.850. The van der Waals surface area contributed by atoms with E-state index in [1.54, 1.807) is 6.07 Å². The fourth-order valence-corrected chi connectivity index (χ4v) is 2.18. The van der Waals surface area contributed by atoms with Crippen molar-refractivity contribution in [1.82, 2.24) is 5.32 Å². The van der Waals surface area contributed by atoms with Crippen LogP contribution in [0.15, 0.2) is 6.07 Å². The Balaban J connectivity index is 2.89. The zero-order valence-electron chi connectivity index (χ0n) is 9.75. The number of aryl methyl sites for hydroxylation is 2. The van der Waals surface area contributed by atoms with Crippen LogP contribution in [0, 0.1) is 13.8 Å². The van der Waals surface area contributed by atoms with Gasteiger partial charge in [0.15, 0.2) is 0 Å². The highest BCUT2D eigenvalue weighted by molar-refractivity contribution is 7.12. The zero-order valence-corrected chi connectivity index (χ0v) is 10.6. The first-order valence-corrected chi connectivity index (χ1v) is 5.68. The van der Waals surface area contributed by atoms with Crippen molar-refractivity contribution in [3.8, 4) is 0 Å². The molecule has 1 aromatic heterocycles. The highest BCUT2D eigenvalue weighted by Crippen LogP contribution is 2.21. The van der Waals surface area contributed by atoms with Crippen molar-refractivity contribution in [2.75, 3.05) is 0 Å². The first-order chi connectivity index (χ1) is 7.24. The second-order valence-corrected chi connectivity index (χ2v) is 5.67. The number of thiophene rings is 1. The summed E-state index contributed by atoms with van der Waals surface area (Å²) in [6, 6.07) is 1.77. The Bertz CT molecular complexity index is 434. The van der Waals surface area contributed by atoms with Crippen LogP contribution in [0.2, 0.25) is 0 Å². The number of nitrogens with one attached hydrogen (secondary N) is 1. The summed E-state index contributed by atoms with van der Waals surface area (Å²) in [4.78, 5) is 24.6. The fraction of sp³-hybridized carbons (Fsp3) is 0.455. The molecule has 1 rings (SSSR count). The van der Waals surface area contributed by atoms with Gasteiger partial charge in [-0.2, -0.15) is 0 Å². The van der Waals surface area contributed by atoms with Gasteiger partial charge in [0.25, 0.3) is 5.91 Å². The van der Waals surface area contributed by atoms with E-state index < -0.39 is 11.5 Å². The maximum absolute atomic E-state index is 11.8. The number of carboxylic acids is 1. The molecule has 0 bridgehead atoms. The molecule has 2 N–H and O–H groups in total. The molecule has 5 heteroatoms. The molecule has 0 saturated carbocycles. The van der Waals surface area contributed by atoms with E-state index >= 15 is 0 Å². The normalized spacial score (nSPS) is 11.2. The minimum Gasteiger partial charge on any atom is -0.480 e. The summed E-state index contributed by atoms with van der Waals surface area (Å²) in [7, 11) is 0. The molecular formula is C11H15NO3S. The molecular weight excluding hydrogens is 226 g/mol. The highest BCUT2D eigenvalue weighted by atomic mass is 32.1. The molecule has 0 unspecified atom stereocenters. The summed E-state index contributed by atoms with van der Waals surface area (Å²) < 4.78 is 0. The first kappa shape index (κ1) is 12.7. The fourth-order valence-electron chi connectivity index (χ4n) is 1.26. The number of carbonyl (C=O) groups excluding carboxylic acids is 1. The Labute approximate surface area is 98.3 Å². The van der Waals surface area contributed by atoms with Gasteiger partial charge in [0.05, 0.1) is 5.56 Å². The van der Waals surface area contributed by atoms with Gasteiger partial charge < -0.3 is 10.4 Å². The van der Waals surface area contributed by atoms with E-state index in [-0.39, 0.29) is 5.91 Å². The van der Waals surface area contributed by atoms with E-state index in [0.717, 1.165) is 9.75 Å². The molecule has 4 nitrogen and oxygen atoms in total. The SMILES string of the molecule is Cc1cc(C(=O)NC(C)(C)C(=O)O)c(C)s1. The molecule has 1 heterocycles. The van der Waals surface area contributed by atoms with Crippen molar-refractivity contribution in [2.24, 2.45) is 0 Å². The van der Waals surface area contributed by atoms with Gasteiger partial charge in [0, 0.05) is 9.75 Å². The molecule has 1 amide bonds. The largest absolute Gasteiger partial charge is 0.480 e. The third kappa shape index (κ3) is 2.61. The Morgan fingerprint density at radius 2 is 1.94 bits per heavy atom. The summed E-state index contributed by atoms with van der Waals surface area (Å²) in [6.45, 7) is 6.68. The predicted molar refractivity (Wildman–Crippen MR) is 63.0 cm³/mol. The molecule has 0 fully saturated rings. The predicted octanol–water partition coefficient (Wildman–Crippen LogP) is 1.96. The topological polar surface area (TPSA) is 66.4 Å². The van der Waals surface area contributed by atoms with E-state index in [1.165, 1.54) is 25.2 Å². The molecule has 0 aliphatic heterocycles. The van der Waals surface area contributed by atoms with E-state index in [0.29, 0.717) is 5.56 Å². The van der Waals surface area contributed by atoms with Crippen LogP contribution >= 0.6 is 11.3 Å². The third-order valence-corrected chi connectivity index (χ3v) is 3.21. The lowest BCUT2D eigenvalue weighted by Crippen LogP contribution is -2.49. The van der Waals surface area contributed by atoms with Crippen LogP contribution in [0.3, 0.4) is 0 Å². The molecule has 0 aliphatic carbocycles. The smallest absolute Gasteiger partial charge is 0.328 e. The molecule has 0 radical (unpaired) electrons. The van der Waals surface area contributed by atoms with Crippen molar-refractivity contribution < 1.29 is 14.7 Å². The van der Waals surface area contributed by atoms with Crippen molar-refractivity contribution in [3.05, 3.63) is 21.4 Å². The summed E-state index contributed by atoms with van der Waals surface area (Å²) in [5.41, 5.74) is -0.698. The van der Waals surface area contributed by atoms with Crippen LogP contribution in [0.25, 0.3) is 0 Å². The number of hydrogen-bond donors (Lipinski definition) is 2. The number of rotatable bonds is 3. The van der Waals surface area contributed by atoms with Gasteiger partial charge in [-0.3, -0.25) is 4.79 Å². The lowest BCUT2D eigenvalue weighted by Gasteiger charge is -2.20. The van der Waals surface area contributed by atoms with Gasteiger partial charge >= 0.3 is 5.97 Å². The number of aliphatic carboxylic acids is 1. The molecule has 0 aromatic carbocycles. The molecule has 0 atom stereocenters. The van der Waals surface area contributed by atoms with Crippen molar-refractivity contribution in [3.63, 3.8) is 0 Å². The van der Waals surface area contributed by atoms with Crippen LogP contribution in [-0.4, -0.2) is 22.5 Å². The van der Waals surface area contributed by atoms with Crippen LogP contribution in [0.1, 0.15) is 34.0 Å². The summed E-state index contributed by atoms with van der Waals surface area (Å²) in [5, 5.41) is 11.4. The van der Waals surface area contributed by atoms with E-state index in [9.17, 15) is 9.59 Å². The minimum absolute atomic E-state index is 0.339. The van der Waals surface area contributed by atoms with E-state index in [2.05, 4.69) is 5.32 Å². The number of carbonyl (C=O) groups is 2. The molecule has 1 aromatic rings. The van der Waals surface area contributed by atoms with E-state index in [4.69, 9.17) is 5.11 Å². The van der Waals surface area contributed by atoms with Crippen LogP contribution in [-0.2, 0) is 4.79 Å². The van der Waals surface area contributed by atoms with Crippen LogP contribution in [0.4, 0.5) is 0 Å². The van der Waals surface area contributed by atoms with Crippen molar-refractivity contribution in [2.45, 2.75) is 33.2 Å². The summed E-state index contributed by atoms with van der Waals surface area (Å²) >= 11 is 1.52. The average molecular weight is 241 g/mol. The number of hydrogen-bond acceptors (Lipinski definition) is 3. The maximum atomic E-state index is 11.8. The Morgan fingerprint density at radius 3 is 2.31 bits per heavy atom. The van der Waals surface area contributed by atoms with Gasteiger partial charge in [0.1, 0.15) is 5.54 Å². The lowest BCUT2D eigenvalue weighted by molar-refractivity contribution is -0.143. The molecule has 0 spiro atoms. The summed E-state index contributed by atoms with van der Waals surface area (Å²) in [5.74, 6) is -1.39. The molecule has 88 valence electrons. The Morgan fingerprint density at radius 1 is 1.38 bits per heavy atom. The molecule has 16 heavy (non-hydrogen) atoms.